The van der Waals surface area contributed by atoms with E-state index in [2.05, 4.69) is 4.74 Å². The Morgan fingerprint density at radius 2 is 1.69 bits per heavy atom. The van der Waals surface area contributed by atoms with Crippen molar-refractivity contribution in [1.82, 2.24) is 0 Å². The van der Waals surface area contributed by atoms with Crippen LogP contribution in [0.15, 0.2) is 6.07 Å². The lowest BCUT2D eigenvalue weighted by Crippen LogP contribution is -2.08. The molecule has 0 fully saturated rings. The smallest absolute Gasteiger partial charge is 0.228 e. The van der Waals surface area contributed by atoms with Crippen LogP contribution < -0.4 is 0 Å². The Labute approximate surface area is 86.6 Å². The van der Waals surface area contributed by atoms with E-state index in [4.69, 9.17) is 0 Å². The first-order valence-electron chi connectivity index (χ1n) is 4.13. The fraction of sp³-hybridized carbons (Fsp3) is 0.333. The summed E-state index contributed by atoms with van der Waals surface area (Å²) in [4.78, 5) is 0. The average Bonchev–Trinajstić information content (AvgIpc) is 2.28. The third-order valence-corrected chi connectivity index (χ3v) is 1.72. The Morgan fingerprint density at radius 1 is 1.06 bits per heavy atom. The van der Waals surface area contributed by atoms with Gasteiger partial charge in [-0.3, -0.25) is 0 Å². The molecule has 1 aromatic carbocycles. The molecule has 0 saturated carbocycles. The molecule has 90 valence electrons. The minimum Gasteiger partial charge on any atom is -0.342 e. The van der Waals surface area contributed by atoms with Crippen molar-refractivity contribution in [3.05, 3.63) is 34.9 Å². The Balaban J connectivity index is 3.05. The quantitative estimate of drug-likeness (QED) is 0.449. The van der Waals surface area contributed by atoms with Crippen molar-refractivity contribution in [3.63, 3.8) is 0 Å². The van der Waals surface area contributed by atoms with Gasteiger partial charge in [0.2, 0.25) is 6.36 Å². The molecule has 0 bridgehead atoms. The van der Waals surface area contributed by atoms with E-state index in [9.17, 15) is 26.3 Å². The third kappa shape index (κ3) is 2.46. The van der Waals surface area contributed by atoms with Gasteiger partial charge in [-0.2, -0.15) is 0 Å². The van der Waals surface area contributed by atoms with Crippen LogP contribution in [0.25, 0.3) is 0 Å². The summed E-state index contributed by atoms with van der Waals surface area (Å²) in [5, 5.41) is 0. The third-order valence-electron chi connectivity index (χ3n) is 1.72. The topological polar surface area (TPSA) is 9.23 Å². The van der Waals surface area contributed by atoms with E-state index in [0.717, 1.165) is 0 Å². The van der Waals surface area contributed by atoms with E-state index in [0.29, 0.717) is 0 Å². The zero-order valence-corrected chi connectivity index (χ0v) is 7.74. The first-order valence-corrected chi connectivity index (χ1v) is 4.13. The maximum atomic E-state index is 13.0. The Kier molecular flexibility index (Phi) is 4.17. The van der Waals surface area contributed by atoms with Crippen LogP contribution in [0, 0.1) is 23.3 Å². The molecule has 1 rings (SSSR count). The van der Waals surface area contributed by atoms with Crippen molar-refractivity contribution in [2.45, 2.75) is 6.36 Å². The molecular formula is C9H6F6O. The molecule has 0 heterocycles. The van der Waals surface area contributed by atoms with Crippen LogP contribution in [-0.2, 0) is 4.74 Å². The summed E-state index contributed by atoms with van der Waals surface area (Å²) in [5.41, 5.74) is -1.15. The van der Waals surface area contributed by atoms with Crippen LogP contribution >= 0.6 is 0 Å². The summed E-state index contributed by atoms with van der Waals surface area (Å²) >= 11 is 0. The molecule has 0 radical (unpaired) electrons. The average molecular weight is 244 g/mol. The summed E-state index contributed by atoms with van der Waals surface area (Å²) in [6, 6.07) is 0.122. The molecular weight excluding hydrogens is 238 g/mol. The second kappa shape index (κ2) is 5.20. The first kappa shape index (κ1) is 12.8. The molecule has 0 N–H and O–H groups in total. The van der Waals surface area contributed by atoms with E-state index in [-0.39, 0.29) is 6.07 Å². The Bertz CT molecular complexity index is 381. The number of ether oxygens (including phenoxy) is 1. The predicted octanol–water partition coefficient (Wildman–Crippen LogP) is 3.20. The normalized spacial score (nSPS) is 12.9. The molecule has 0 aliphatic heterocycles. The van der Waals surface area contributed by atoms with Gasteiger partial charge < -0.3 is 4.74 Å². The zero-order valence-electron chi connectivity index (χ0n) is 7.74. The van der Waals surface area contributed by atoms with Gasteiger partial charge in [-0.05, 0) is 6.07 Å². The predicted molar refractivity (Wildman–Crippen MR) is 42.1 cm³/mol. The minimum absolute atomic E-state index is 0.122. The highest BCUT2D eigenvalue weighted by Gasteiger charge is 2.24. The van der Waals surface area contributed by atoms with Gasteiger partial charge in [-0.1, -0.05) is 0 Å². The van der Waals surface area contributed by atoms with Gasteiger partial charge in [0.25, 0.3) is 0 Å². The van der Waals surface area contributed by atoms with Crippen LogP contribution in [0.4, 0.5) is 26.3 Å². The maximum Gasteiger partial charge on any atom is 0.228 e. The minimum atomic E-state index is -2.56. The molecule has 0 amide bonds. The number of benzene rings is 1. The van der Waals surface area contributed by atoms with Gasteiger partial charge in [0, 0.05) is 0 Å². The number of rotatable bonds is 4. The van der Waals surface area contributed by atoms with E-state index >= 15 is 0 Å². The molecule has 0 saturated heterocycles. The van der Waals surface area contributed by atoms with Crippen LogP contribution in [0.5, 0.6) is 0 Å². The molecule has 1 aromatic rings. The van der Waals surface area contributed by atoms with E-state index in [1.54, 1.807) is 0 Å². The van der Waals surface area contributed by atoms with E-state index in [1.807, 2.05) is 0 Å². The zero-order chi connectivity index (χ0) is 12.3. The SMILES string of the molecule is FCCOC(F)c1cc(F)c(F)c(F)c1F. The van der Waals surface area contributed by atoms with Gasteiger partial charge in [0.15, 0.2) is 23.3 Å². The van der Waals surface area contributed by atoms with Crippen LogP contribution in [-0.4, -0.2) is 13.3 Å². The largest absolute Gasteiger partial charge is 0.342 e. The summed E-state index contributed by atoms with van der Waals surface area (Å²) < 4.78 is 79.3. The molecule has 1 unspecified atom stereocenters. The fourth-order valence-electron chi connectivity index (χ4n) is 0.994. The summed E-state index contributed by atoms with van der Waals surface area (Å²) in [6.45, 7) is -1.75. The maximum absolute atomic E-state index is 13.0. The van der Waals surface area contributed by atoms with Crippen LogP contribution in [0.2, 0.25) is 0 Å². The van der Waals surface area contributed by atoms with Crippen molar-refractivity contribution in [3.8, 4) is 0 Å². The fourth-order valence-corrected chi connectivity index (χ4v) is 0.994. The highest BCUT2D eigenvalue weighted by Crippen LogP contribution is 2.26. The lowest BCUT2D eigenvalue weighted by atomic mass is 10.2. The van der Waals surface area contributed by atoms with Gasteiger partial charge >= 0.3 is 0 Å². The molecule has 16 heavy (non-hydrogen) atoms. The number of halogens is 6. The second-order valence-corrected chi connectivity index (χ2v) is 2.77. The first-order chi connectivity index (χ1) is 7.49. The highest BCUT2D eigenvalue weighted by atomic mass is 19.2. The van der Waals surface area contributed by atoms with Gasteiger partial charge in [0.1, 0.15) is 6.67 Å². The number of hydrogen-bond donors (Lipinski definition) is 0. The van der Waals surface area contributed by atoms with E-state index in [1.165, 1.54) is 0 Å². The van der Waals surface area contributed by atoms with Gasteiger partial charge in [-0.15, -0.1) is 0 Å². The van der Waals surface area contributed by atoms with Crippen LogP contribution in [0.1, 0.15) is 11.9 Å². The number of hydrogen-bond acceptors (Lipinski definition) is 1. The van der Waals surface area contributed by atoms with Gasteiger partial charge in [-0.25, -0.2) is 26.3 Å². The highest BCUT2D eigenvalue weighted by molar-refractivity contribution is 5.22. The molecule has 1 atom stereocenters. The lowest BCUT2D eigenvalue weighted by molar-refractivity contribution is -0.0481. The lowest BCUT2D eigenvalue weighted by Gasteiger charge is -2.10. The molecule has 0 aliphatic rings. The summed E-state index contributed by atoms with van der Waals surface area (Å²) in [6.07, 6.45) is -2.56. The van der Waals surface area contributed by atoms with Crippen molar-refractivity contribution in [2.24, 2.45) is 0 Å². The Hall–Kier alpha value is -1.24. The number of alkyl halides is 2. The molecule has 7 heteroatoms. The summed E-state index contributed by atoms with van der Waals surface area (Å²) in [7, 11) is 0. The Morgan fingerprint density at radius 3 is 2.25 bits per heavy atom. The molecule has 1 nitrogen and oxygen atoms in total. The van der Waals surface area contributed by atoms with Crippen LogP contribution in [0.3, 0.4) is 0 Å². The van der Waals surface area contributed by atoms with E-state index < -0.39 is 48.5 Å². The molecule has 0 aromatic heterocycles. The van der Waals surface area contributed by atoms with Crippen molar-refractivity contribution >= 4 is 0 Å². The summed E-state index contributed by atoms with van der Waals surface area (Å²) in [5.74, 6) is -7.83. The van der Waals surface area contributed by atoms with Gasteiger partial charge in [0.05, 0.1) is 12.2 Å². The molecule has 0 aliphatic carbocycles. The monoisotopic (exact) mass is 244 g/mol. The van der Waals surface area contributed by atoms with Crippen molar-refractivity contribution < 1.29 is 31.1 Å². The van der Waals surface area contributed by atoms with Crippen molar-refractivity contribution in [2.75, 3.05) is 13.3 Å². The second-order valence-electron chi connectivity index (χ2n) is 2.77. The molecule has 0 spiro atoms. The standard InChI is InChI=1S/C9H6F6O/c10-1-2-16-9(15)4-3-5(11)7(13)8(14)6(4)12/h3,9H,1-2H2. The van der Waals surface area contributed by atoms with Crippen molar-refractivity contribution in [1.29, 1.82) is 0 Å².